The van der Waals surface area contributed by atoms with E-state index in [2.05, 4.69) is 4.85 Å². The second-order valence-corrected chi connectivity index (χ2v) is 1.89. The number of nitriles is 1. The van der Waals surface area contributed by atoms with Gasteiger partial charge in [-0.25, -0.2) is 9.24 Å². The van der Waals surface area contributed by atoms with E-state index in [-0.39, 0.29) is 11.3 Å². The van der Waals surface area contributed by atoms with Crippen LogP contribution in [0.15, 0.2) is 18.2 Å². The van der Waals surface area contributed by atoms with Crippen LogP contribution in [0.3, 0.4) is 0 Å². The lowest BCUT2D eigenvalue weighted by Crippen LogP contribution is -1.76. The van der Waals surface area contributed by atoms with Crippen molar-refractivity contribution < 1.29 is 4.39 Å². The fraction of sp³-hybridized carbons (Fsp3) is 0. The van der Waals surface area contributed by atoms with Gasteiger partial charge >= 0.3 is 0 Å². The lowest BCUT2D eigenvalue weighted by Gasteiger charge is -1.91. The zero-order valence-corrected chi connectivity index (χ0v) is 5.50. The van der Waals surface area contributed by atoms with E-state index in [9.17, 15) is 4.39 Å². The molecule has 0 spiro atoms. The van der Waals surface area contributed by atoms with Gasteiger partial charge in [-0.1, -0.05) is 6.07 Å². The first-order valence-electron chi connectivity index (χ1n) is 2.85. The molecule has 0 saturated heterocycles. The van der Waals surface area contributed by atoms with Crippen LogP contribution in [0.5, 0.6) is 0 Å². The molecule has 0 aromatic heterocycles. The number of benzene rings is 1. The van der Waals surface area contributed by atoms with Crippen LogP contribution in [0.2, 0.25) is 0 Å². The Labute approximate surface area is 63.3 Å². The topological polar surface area (TPSA) is 28.1 Å². The third-order valence-corrected chi connectivity index (χ3v) is 1.20. The molecule has 0 bridgehead atoms. The summed E-state index contributed by atoms with van der Waals surface area (Å²) in [6.45, 7) is 6.59. The van der Waals surface area contributed by atoms with Gasteiger partial charge in [-0.15, -0.1) is 0 Å². The van der Waals surface area contributed by atoms with Crippen LogP contribution in [-0.4, -0.2) is 0 Å². The van der Waals surface area contributed by atoms with Gasteiger partial charge in [0.1, 0.15) is 5.82 Å². The Balaban J connectivity index is 3.34. The Morgan fingerprint density at radius 2 is 2.27 bits per heavy atom. The highest BCUT2D eigenvalue weighted by molar-refractivity contribution is 5.58. The summed E-state index contributed by atoms with van der Waals surface area (Å²) in [4.78, 5) is 2.99. The fourth-order valence-corrected chi connectivity index (χ4v) is 0.692. The van der Waals surface area contributed by atoms with Crippen LogP contribution >= 0.6 is 0 Å². The van der Waals surface area contributed by atoms with Gasteiger partial charge in [-0.2, -0.15) is 5.26 Å². The second-order valence-electron chi connectivity index (χ2n) is 1.89. The Morgan fingerprint density at radius 3 is 2.82 bits per heavy atom. The highest BCUT2D eigenvalue weighted by atomic mass is 19.1. The molecule has 0 unspecified atom stereocenters. The molecule has 52 valence electrons. The van der Waals surface area contributed by atoms with Crippen LogP contribution in [-0.2, 0) is 0 Å². The van der Waals surface area contributed by atoms with Gasteiger partial charge in [-0.3, -0.25) is 0 Å². The van der Waals surface area contributed by atoms with E-state index in [1.165, 1.54) is 6.07 Å². The Bertz CT molecular complexity index is 357. The molecule has 1 rings (SSSR count). The van der Waals surface area contributed by atoms with E-state index in [4.69, 9.17) is 11.8 Å². The molecule has 0 fully saturated rings. The van der Waals surface area contributed by atoms with E-state index >= 15 is 0 Å². The molecule has 2 nitrogen and oxygen atoms in total. The summed E-state index contributed by atoms with van der Waals surface area (Å²) < 4.78 is 12.4. The molecule has 3 heteroatoms. The normalized spacial score (nSPS) is 8.27. The maximum Gasteiger partial charge on any atom is 0.207 e. The van der Waals surface area contributed by atoms with Gasteiger partial charge in [0.15, 0.2) is 0 Å². The van der Waals surface area contributed by atoms with Gasteiger partial charge in [-0.05, 0) is 12.1 Å². The largest absolute Gasteiger partial charge is 0.237 e. The Kier molecular flexibility index (Phi) is 1.85. The Morgan fingerprint density at radius 1 is 1.55 bits per heavy atom. The number of halogens is 1. The third-order valence-electron chi connectivity index (χ3n) is 1.20. The van der Waals surface area contributed by atoms with E-state index in [0.29, 0.717) is 0 Å². The van der Waals surface area contributed by atoms with E-state index in [1.807, 2.05) is 0 Å². The molecule has 0 aliphatic heterocycles. The van der Waals surface area contributed by atoms with Gasteiger partial charge in [0, 0.05) is 0 Å². The molecule has 0 aliphatic carbocycles. The van der Waals surface area contributed by atoms with Crippen LogP contribution in [0, 0.1) is 23.7 Å². The molecule has 0 aliphatic rings. The minimum atomic E-state index is -0.491. The molecular weight excluding hydrogens is 143 g/mol. The first kappa shape index (κ1) is 7.24. The van der Waals surface area contributed by atoms with Crippen molar-refractivity contribution in [3.05, 3.63) is 41.0 Å². The molecule has 0 atom stereocenters. The SMILES string of the molecule is [C-]#[N+]c1cc(F)ccc1C#N. The van der Waals surface area contributed by atoms with Crippen LogP contribution in [0.1, 0.15) is 5.56 Å². The number of hydrogen-bond acceptors (Lipinski definition) is 1. The zero-order valence-electron chi connectivity index (χ0n) is 5.50. The van der Waals surface area contributed by atoms with Crippen molar-refractivity contribution in [3.8, 4) is 6.07 Å². The number of rotatable bonds is 0. The van der Waals surface area contributed by atoms with Gasteiger partial charge < -0.3 is 0 Å². The summed E-state index contributed by atoms with van der Waals surface area (Å²) in [6, 6.07) is 5.29. The molecule has 1 aromatic rings. The monoisotopic (exact) mass is 146 g/mol. The highest BCUT2D eigenvalue weighted by Gasteiger charge is 2.01. The maximum absolute atomic E-state index is 12.4. The van der Waals surface area contributed by atoms with Crippen LogP contribution in [0.4, 0.5) is 10.1 Å². The van der Waals surface area contributed by atoms with Crippen LogP contribution in [0.25, 0.3) is 4.85 Å². The molecule has 0 radical (unpaired) electrons. The first-order chi connectivity index (χ1) is 5.27. The lowest BCUT2D eigenvalue weighted by atomic mass is 10.2. The first-order valence-corrected chi connectivity index (χ1v) is 2.85. The molecule has 1 aromatic carbocycles. The average Bonchev–Trinajstić information content (AvgIpc) is 2.04. The van der Waals surface area contributed by atoms with Gasteiger partial charge in [0.2, 0.25) is 5.69 Å². The Hall–Kier alpha value is -1.87. The quantitative estimate of drug-likeness (QED) is 0.516. The molecule has 0 amide bonds. The predicted molar refractivity (Wildman–Crippen MR) is 37.4 cm³/mol. The molecule has 0 saturated carbocycles. The summed E-state index contributed by atoms with van der Waals surface area (Å²) in [7, 11) is 0. The smallest absolute Gasteiger partial charge is 0.207 e. The van der Waals surface area contributed by atoms with E-state index in [1.54, 1.807) is 6.07 Å². The average molecular weight is 146 g/mol. The maximum atomic E-state index is 12.4. The van der Waals surface area contributed by atoms with Crippen molar-refractivity contribution in [2.24, 2.45) is 0 Å². The summed E-state index contributed by atoms with van der Waals surface area (Å²) in [5.41, 5.74) is 0.272. The van der Waals surface area contributed by atoms with Crippen molar-refractivity contribution in [2.45, 2.75) is 0 Å². The van der Waals surface area contributed by atoms with E-state index < -0.39 is 5.82 Å². The standard InChI is InChI=1S/C8H3FN2/c1-11-8-4-7(9)3-2-6(8)5-10/h2-4H. The summed E-state index contributed by atoms with van der Waals surface area (Å²) in [6.07, 6.45) is 0. The van der Waals surface area contributed by atoms with E-state index in [0.717, 1.165) is 12.1 Å². The minimum Gasteiger partial charge on any atom is -0.237 e. The summed E-state index contributed by atoms with van der Waals surface area (Å²) in [5.74, 6) is -0.491. The van der Waals surface area contributed by atoms with Crippen molar-refractivity contribution in [1.29, 1.82) is 5.26 Å². The fourth-order valence-electron chi connectivity index (χ4n) is 0.692. The third kappa shape index (κ3) is 1.33. The minimum absolute atomic E-state index is 0.0625. The second kappa shape index (κ2) is 2.81. The molecule has 0 heterocycles. The number of nitrogens with zero attached hydrogens (tertiary/aromatic N) is 2. The molecular formula is C8H3FN2. The lowest BCUT2D eigenvalue weighted by molar-refractivity contribution is 0.628. The molecule has 0 N–H and O–H groups in total. The number of hydrogen-bond donors (Lipinski definition) is 0. The van der Waals surface area contributed by atoms with Crippen molar-refractivity contribution in [3.63, 3.8) is 0 Å². The van der Waals surface area contributed by atoms with Crippen molar-refractivity contribution in [2.75, 3.05) is 0 Å². The van der Waals surface area contributed by atoms with Gasteiger partial charge in [0.25, 0.3) is 0 Å². The van der Waals surface area contributed by atoms with Crippen molar-refractivity contribution in [1.82, 2.24) is 0 Å². The highest BCUT2D eigenvalue weighted by Crippen LogP contribution is 2.18. The molecule has 11 heavy (non-hydrogen) atoms. The summed E-state index contributed by atoms with van der Waals surface area (Å²) in [5, 5.41) is 8.42. The summed E-state index contributed by atoms with van der Waals surface area (Å²) >= 11 is 0. The van der Waals surface area contributed by atoms with Crippen molar-refractivity contribution >= 4 is 5.69 Å². The zero-order chi connectivity index (χ0) is 8.27. The van der Waals surface area contributed by atoms with Crippen LogP contribution < -0.4 is 0 Å². The van der Waals surface area contributed by atoms with Gasteiger partial charge in [0.05, 0.1) is 18.2 Å². The predicted octanol–water partition coefficient (Wildman–Crippen LogP) is 2.25.